The highest BCUT2D eigenvalue weighted by atomic mass is 16.5. The molecule has 0 amide bonds. The van der Waals surface area contributed by atoms with E-state index < -0.39 is 0 Å². The highest BCUT2D eigenvalue weighted by molar-refractivity contribution is 5.86. The molecule has 0 aliphatic heterocycles. The van der Waals surface area contributed by atoms with E-state index in [1.807, 2.05) is 0 Å². The minimum Gasteiger partial charge on any atom is -0.462 e. The quantitative estimate of drug-likeness (QED) is 0.588. The highest BCUT2D eigenvalue weighted by Crippen LogP contribution is 2.75. The van der Waals surface area contributed by atoms with Crippen LogP contribution in [-0.2, 0) is 9.53 Å². The molecule has 2 atom stereocenters. The summed E-state index contributed by atoms with van der Waals surface area (Å²) in [5.74, 6) is -0.266. The fourth-order valence-corrected chi connectivity index (χ4v) is 7.45. The van der Waals surface area contributed by atoms with E-state index in [9.17, 15) is 9.90 Å². The number of ether oxygens (including phenoxy) is 1. The summed E-state index contributed by atoms with van der Waals surface area (Å²) in [6.07, 6.45) is 9.47. The topological polar surface area (TPSA) is 46.5 Å². The summed E-state index contributed by atoms with van der Waals surface area (Å²) in [4.78, 5) is 11.7. The first-order valence-electron chi connectivity index (χ1n) is 9.07. The maximum atomic E-state index is 11.7. The number of hydrogen-bond acceptors (Lipinski definition) is 3. The molecule has 0 heterocycles. The smallest absolute Gasteiger partial charge is 0.333 e. The lowest BCUT2D eigenvalue weighted by molar-refractivity contribution is -0.199. The molecule has 23 heavy (non-hydrogen) atoms. The molecule has 4 rings (SSSR count). The van der Waals surface area contributed by atoms with Gasteiger partial charge >= 0.3 is 5.97 Å². The van der Waals surface area contributed by atoms with Crippen molar-refractivity contribution in [2.75, 3.05) is 13.2 Å². The van der Waals surface area contributed by atoms with Crippen molar-refractivity contribution in [3.63, 3.8) is 0 Å². The lowest BCUT2D eigenvalue weighted by atomic mass is 9.35. The maximum Gasteiger partial charge on any atom is 0.333 e. The molecule has 0 saturated heterocycles. The number of carbonyl (C=O) groups is 1. The normalized spacial score (nSPS) is 44.3. The van der Waals surface area contributed by atoms with Gasteiger partial charge in [-0.25, -0.2) is 4.79 Å². The number of rotatable bonds is 6. The average Bonchev–Trinajstić information content (AvgIpc) is 2.33. The Kier molecular flexibility index (Phi) is 3.95. The van der Waals surface area contributed by atoms with Gasteiger partial charge in [0.05, 0.1) is 6.61 Å². The standard InChI is InChI=1S/C20H32O3/c1-15(2)16(22)23-8-6-20-12-17(3)9-18(4,13-20)11-19(10-17,14-20)5-7-21/h21H,1,5-14H2,2-4H3. The van der Waals surface area contributed by atoms with E-state index in [1.165, 1.54) is 38.5 Å². The number of aliphatic hydroxyl groups is 1. The number of hydrogen-bond donors (Lipinski definition) is 1. The molecule has 130 valence electrons. The predicted octanol–water partition coefficient (Wildman–Crippen LogP) is 4.25. The maximum absolute atomic E-state index is 11.7. The molecule has 1 N–H and O–H groups in total. The van der Waals surface area contributed by atoms with Crippen molar-refractivity contribution in [2.24, 2.45) is 21.7 Å². The van der Waals surface area contributed by atoms with Crippen molar-refractivity contribution in [3.05, 3.63) is 12.2 Å². The van der Waals surface area contributed by atoms with Gasteiger partial charge in [-0.15, -0.1) is 0 Å². The summed E-state index contributed by atoms with van der Waals surface area (Å²) in [6, 6.07) is 0. The van der Waals surface area contributed by atoms with Crippen molar-refractivity contribution in [1.82, 2.24) is 0 Å². The Balaban J connectivity index is 1.76. The Morgan fingerprint density at radius 2 is 1.52 bits per heavy atom. The van der Waals surface area contributed by atoms with E-state index in [1.54, 1.807) is 6.92 Å². The monoisotopic (exact) mass is 320 g/mol. The first-order chi connectivity index (χ1) is 10.6. The summed E-state index contributed by atoms with van der Waals surface area (Å²) in [5, 5.41) is 9.61. The zero-order valence-corrected chi connectivity index (χ0v) is 15.0. The minimum atomic E-state index is -0.266. The largest absolute Gasteiger partial charge is 0.462 e. The molecule has 4 bridgehead atoms. The van der Waals surface area contributed by atoms with Crippen LogP contribution in [0, 0.1) is 21.7 Å². The molecule has 2 unspecified atom stereocenters. The zero-order chi connectivity index (χ0) is 16.9. The van der Waals surface area contributed by atoms with Gasteiger partial charge in [0.25, 0.3) is 0 Å². The van der Waals surface area contributed by atoms with Crippen molar-refractivity contribution in [2.45, 2.75) is 72.1 Å². The van der Waals surface area contributed by atoms with Crippen LogP contribution in [0.1, 0.15) is 72.1 Å². The third-order valence-electron chi connectivity index (χ3n) is 6.67. The van der Waals surface area contributed by atoms with Crippen molar-refractivity contribution in [3.8, 4) is 0 Å². The molecule has 0 spiro atoms. The summed E-state index contributed by atoms with van der Waals surface area (Å²) in [7, 11) is 0. The van der Waals surface area contributed by atoms with E-state index >= 15 is 0 Å². The Labute approximate surface area is 140 Å². The lowest BCUT2D eigenvalue weighted by Gasteiger charge is -2.70. The van der Waals surface area contributed by atoms with Crippen molar-refractivity contribution >= 4 is 5.97 Å². The van der Waals surface area contributed by atoms with Crippen LogP contribution in [-0.4, -0.2) is 24.3 Å². The number of esters is 1. The molecule has 0 aromatic carbocycles. The van der Waals surface area contributed by atoms with Crippen LogP contribution in [0.5, 0.6) is 0 Å². The molecular formula is C20H32O3. The molecule has 3 heteroatoms. The van der Waals surface area contributed by atoms with Crippen LogP contribution in [0.15, 0.2) is 12.2 Å². The number of aliphatic hydroxyl groups excluding tert-OH is 1. The SMILES string of the molecule is C=C(C)C(=O)OCCC12CC3(C)CC(C)(CC(CCO)(C3)C1)C2. The molecule has 4 saturated carbocycles. The lowest BCUT2D eigenvalue weighted by Crippen LogP contribution is -2.60. The van der Waals surface area contributed by atoms with Gasteiger partial charge in [-0.05, 0) is 80.0 Å². The molecule has 4 aliphatic rings. The summed E-state index contributed by atoms with van der Waals surface area (Å²) in [6.45, 7) is 11.1. The van der Waals surface area contributed by atoms with Crippen LogP contribution >= 0.6 is 0 Å². The van der Waals surface area contributed by atoms with E-state index in [0.717, 1.165) is 12.8 Å². The van der Waals surface area contributed by atoms with Gasteiger partial charge in [0.1, 0.15) is 0 Å². The van der Waals surface area contributed by atoms with E-state index in [2.05, 4.69) is 20.4 Å². The van der Waals surface area contributed by atoms with Gasteiger partial charge in [-0.2, -0.15) is 0 Å². The fourth-order valence-electron chi connectivity index (χ4n) is 7.45. The second-order valence-electron chi connectivity index (χ2n) is 9.82. The third-order valence-corrected chi connectivity index (χ3v) is 6.67. The first kappa shape index (κ1) is 17.0. The molecule has 0 radical (unpaired) electrons. The summed E-state index contributed by atoms with van der Waals surface area (Å²) < 4.78 is 5.41. The molecule has 4 aliphatic carbocycles. The van der Waals surface area contributed by atoms with Gasteiger partial charge < -0.3 is 9.84 Å². The Morgan fingerprint density at radius 3 is 2.00 bits per heavy atom. The van der Waals surface area contributed by atoms with Crippen molar-refractivity contribution in [1.29, 1.82) is 0 Å². The molecule has 3 nitrogen and oxygen atoms in total. The van der Waals surface area contributed by atoms with Crippen LogP contribution in [0.2, 0.25) is 0 Å². The van der Waals surface area contributed by atoms with E-state index in [4.69, 9.17) is 4.74 Å². The average molecular weight is 320 g/mol. The summed E-state index contributed by atoms with van der Waals surface area (Å²) >= 11 is 0. The van der Waals surface area contributed by atoms with Gasteiger partial charge in [0.15, 0.2) is 0 Å². The van der Waals surface area contributed by atoms with Gasteiger partial charge in [-0.3, -0.25) is 0 Å². The third kappa shape index (κ3) is 3.09. The zero-order valence-electron chi connectivity index (χ0n) is 15.0. The van der Waals surface area contributed by atoms with Crippen LogP contribution in [0.4, 0.5) is 0 Å². The molecule has 0 aromatic heterocycles. The molecule has 0 aromatic rings. The Hall–Kier alpha value is -0.830. The van der Waals surface area contributed by atoms with Crippen LogP contribution in [0.25, 0.3) is 0 Å². The molecule has 4 fully saturated rings. The molecular weight excluding hydrogens is 288 g/mol. The van der Waals surface area contributed by atoms with Crippen molar-refractivity contribution < 1.29 is 14.6 Å². The fraction of sp³-hybridized carbons (Fsp3) is 0.850. The highest BCUT2D eigenvalue weighted by Gasteiger charge is 2.64. The van der Waals surface area contributed by atoms with Gasteiger partial charge in [0, 0.05) is 12.2 Å². The predicted molar refractivity (Wildman–Crippen MR) is 90.9 cm³/mol. The minimum absolute atomic E-state index is 0.266. The number of carbonyl (C=O) groups excluding carboxylic acids is 1. The Bertz CT molecular complexity index is 503. The Morgan fingerprint density at radius 1 is 1.00 bits per heavy atom. The second kappa shape index (κ2) is 5.34. The summed E-state index contributed by atoms with van der Waals surface area (Å²) in [5.41, 5.74) is 1.88. The van der Waals surface area contributed by atoms with E-state index in [0.29, 0.717) is 40.4 Å². The van der Waals surface area contributed by atoms with Crippen LogP contribution in [0.3, 0.4) is 0 Å². The van der Waals surface area contributed by atoms with Gasteiger partial charge in [-0.1, -0.05) is 20.4 Å². The van der Waals surface area contributed by atoms with Gasteiger partial charge in [0.2, 0.25) is 0 Å². The first-order valence-corrected chi connectivity index (χ1v) is 9.07. The van der Waals surface area contributed by atoms with E-state index in [-0.39, 0.29) is 5.97 Å². The van der Waals surface area contributed by atoms with Crippen LogP contribution < -0.4 is 0 Å². The second-order valence-corrected chi connectivity index (χ2v) is 9.82.